The van der Waals surface area contributed by atoms with Crippen LogP contribution in [-0.4, -0.2) is 19.8 Å². The van der Waals surface area contributed by atoms with Gasteiger partial charge in [0, 0.05) is 5.41 Å². The molecular formula is C8H15O3PS. The van der Waals surface area contributed by atoms with Gasteiger partial charge >= 0.3 is 6.72 Å². The van der Waals surface area contributed by atoms with E-state index in [0.29, 0.717) is 19.8 Å². The van der Waals surface area contributed by atoms with Crippen LogP contribution in [0.3, 0.4) is 0 Å². The van der Waals surface area contributed by atoms with Gasteiger partial charge in [-0.15, -0.1) is 0 Å². The van der Waals surface area contributed by atoms with Crippen LogP contribution < -0.4 is 0 Å². The first-order valence-corrected chi connectivity index (χ1v) is 6.96. The molecule has 76 valence electrons. The van der Waals surface area contributed by atoms with E-state index in [0.717, 1.165) is 0 Å². The van der Waals surface area contributed by atoms with Crippen molar-refractivity contribution in [2.75, 3.05) is 19.8 Å². The number of hydrogen-bond acceptors (Lipinski definition) is 4. The second-order valence-corrected chi connectivity index (χ2v) is 7.81. The van der Waals surface area contributed by atoms with Gasteiger partial charge in [0.15, 0.2) is 0 Å². The van der Waals surface area contributed by atoms with E-state index in [4.69, 9.17) is 25.4 Å². The van der Waals surface area contributed by atoms with Gasteiger partial charge in [-0.2, -0.15) is 0 Å². The smallest absolute Gasteiger partial charge is 0.308 e. The van der Waals surface area contributed by atoms with Crippen molar-refractivity contribution in [2.45, 2.75) is 20.8 Å². The van der Waals surface area contributed by atoms with Gasteiger partial charge in [-0.3, -0.25) is 0 Å². The first-order chi connectivity index (χ1) is 5.87. The van der Waals surface area contributed by atoms with Crippen LogP contribution in [0.1, 0.15) is 20.8 Å². The zero-order chi connectivity index (χ0) is 9.74. The molecule has 3 aliphatic heterocycles. The molecule has 0 saturated carbocycles. The summed E-state index contributed by atoms with van der Waals surface area (Å²) in [7, 11) is 0. The Balaban J connectivity index is 2.25. The summed E-state index contributed by atoms with van der Waals surface area (Å²) in [5.74, 6) is 0. The summed E-state index contributed by atoms with van der Waals surface area (Å²) in [4.78, 5) is 0. The van der Waals surface area contributed by atoms with E-state index in [2.05, 4.69) is 20.8 Å². The lowest BCUT2D eigenvalue weighted by Gasteiger charge is -2.52. The standard InChI is InChI=1S/C8H15O3PS/c1-7(2,3)8-4-9-12(13,10-5-8)11-6-8/h4-6H2,1-3H3/i13+3. The first kappa shape index (κ1) is 10.1. The molecule has 0 radical (unpaired) electrons. The minimum absolute atomic E-state index is 0.00639. The molecule has 5 heteroatoms. The Bertz CT molecular complexity index is 240. The predicted molar refractivity (Wildman–Crippen MR) is 54.0 cm³/mol. The van der Waals surface area contributed by atoms with Crippen LogP contribution >= 0.6 is 6.72 Å². The minimum atomic E-state index is -2.31. The molecule has 0 aromatic carbocycles. The molecule has 0 aliphatic carbocycles. The third kappa shape index (κ3) is 1.49. The maximum Gasteiger partial charge on any atom is 0.327 e. The van der Waals surface area contributed by atoms with E-state index in [-0.39, 0.29) is 10.8 Å². The summed E-state index contributed by atoms with van der Waals surface area (Å²) in [6.07, 6.45) is 0. The Hall–Kier alpha value is 0.530. The Morgan fingerprint density at radius 3 is 1.77 bits per heavy atom. The van der Waals surface area contributed by atoms with Crippen molar-refractivity contribution < 1.29 is 13.6 Å². The highest BCUT2D eigenvalue weighted by molar-refractivity contribution is 8.07. The molecule has 3 heterocycles. The lowest BCUT2D eigenvalue weighted by atomic mass is 9.68. The normalized spacial score (nSPS) is 45.2. The van der Waals surface area contributed by atoms with Crippen LogP contribution in [0.25, 0.3) is 0 Å². The van der Waals surface area contributed by atoms with Gasteiger partial charge in [0.25, 0.3) is 0 Å². The second kappa shape index (κ2) is 2.77. The second-order valence-electron chi connectivity index (χ2n) is 4.80. The summed E-state index contributed by atoms with van der Waals surface area (Å²) in [5.41, 5.74) is 0.127. The van der Waals surface area contributed by atoms with Crippen LogP contribution in [-0.2, 0) is 25.4 Å². The quantitative estimate of drug-likeness (QED) is 0.591. The average Bonchev–Trinajstić information content (AvgIpc) is 2.04. The van der Waals surface area contributed by atoms with Crippen molar-refractivity contribution in [3.05, 3.63) is 0 Å². The number of rotatable bonds is 0. The summed E-state index contributed by atoms with van der Waals surface area (Å²) in [6, 6.07) is 0. The Morgan fingerprint density at radius 1 is 1.08 bits per heavy atom. The topological polar surface area (TPSA) is 27.7 Å². The fourth-order valence-electron chi connectivity index (χ4n) is 1.49. The number of hydrogen-bond donors (Lipinski definition) is 0. The molecule has 0 N–H and O–H groups in total. The van der Waals surface area contributed by atoms with Crippen LogP contribution in [0.15, 0.2) is 0 Å². The van der Waals surface area contributed by atoms with E-state index in [9.17, 15) is 0 Å². The van der Waals surface area contributed by atoms with Crippen LogP contribution in [0.5, 0.6) is 0 Å². The summed E-state index contributed by atoms with van der Waals surface area (Å²) < 4.78 is 16.4. The predicted octanol–water partition coefficient (Wildman–Crippen LogP) is 2.32. The van der Waals surface area contributed by atoms with Crippen molar-refractivity contribution in [3.8, 4) is 0 Å². The van der Waals surface area contributed by atoms with Gasteiger partial charge in [-0.05, 0) is 17.2 Å². The van der Waals surface area contributed by atoms with Crippen molar-refractivity contribution in [1.82, 2.24) is 0 Å². The zero-order valence-corrected chi connectivity index (χ0v) is 9.91. The molecule has 13 heavy (non-hydrogen) atoms. The minimum Gasteiger partial charge on any atom is -0.308 e. The highest BCUT2D eigenvalue weighted by atomic mass is 35.1. The van der Waals surface area contributed by atoms with Gasteiger partial charge < -0.3 is 13.6 Å². The van der Waals surface area contributed by atoms with Crippen LogP contribution in [0.2, 0.25) is 0 Å². The van der Waals surface area contributed by atoms with Crippen molar-refractivity contribution in [2.24, 2.45) is 10.8 Å². The average molecular weight is 225 g/mol. The molecule has 3 fully saturated rings. The van der Waals surface area contributed by atoms with Crippen LogP contribution in [0.4, 0.5) is 0 Å². The highest BCUT2D eigenvalue weighted by Crippen LogP contribution is 2.63. The van der Waals surface area contributed by atoms with E-state index < -0.39 is 6.72 Å². The van der Waals surface area contributed by atoms with E-state index in [1.807, 2.05) is 0 Å². The Labute approximate surface area is 84.0 Å². The van der Waals surface area contributed by atoms with Crippen molar-refractivity contribution >= 4 is 18.5 Å². The molecule has 3 aliphatic rings. The van der Waals surface area contributed by atoms with Gasteiger partial charge in [0.1, 0.15) is 0 Å². The van der Waals surface area contributed by atoms with Gasteiger partial charge in [0.2, 0.25) is 0 Å². The third-order valence-corrected chi connectivity index (χ3v) is 5.37. The molecule has 0 aromatic heterocycles. The molecule has 0 aromatic rings. The lowest BCUT2D eigenvalue weighted by molar-refractivity contribution is -0.129. The molecule has 3 nitrogen and oxygen atoms in total. The maximum atomic E-state index is 5.48. The molecule has 0 spiro atoms. The maximum absolute atomic E-state index is 5.48. The van der Waals surface area contributed by atoms with Gasteiger partial charge in [-0.25, -0.2) is 0 Å². The molecule has 0 amide bonds. The molecule has 3 rings (SSSR count). The fraction of sp³-hybridized carbons (Fsp3) is 1.00. The molecule has 3 saturated heterocycles. The number of fused-ring (bicyclic) bond motifs is 3. The third-order valence-electron chi connectivity index (χ3n) is 3.09. The lowest BCUT2D eigenvalue weighted by Crippen LogP contribution is -2.52. The Kier molecular flexibility index (Phi) is 2.14. The van der Waals surface area contributed by atoms with E-state index in [1.54, 1.807) is 0 Å². The summed E-state index contributed by atoms with van der Waals surface area (Å²) >= 11 is 5.11. The van der Waals surface area contributed by atoms with Gasteiger partial charge in [-0.1, -0.05) is 20.8 Å². The van der Waals surface area contributed by atoms with E-state index in [1.165, 1.54) is 0 Å². The van der Waals surface area contributed by atoms with Crippen molar-refractivity contribution in [3.63, 3.8) is 0 Å². The van der Waals surface area contributed by atoms with E-state index >= 15 is 0 Å². The molecule has 0 unspecified atom stereocenters. The molecule has 0 atom stereocenters. The summed E-state index contributed by atoms with van der Waals surface area (Å²) in [5, 5.41) is 0. The largest absolute Gasteiger partial charge is 0.327 e. The monoisotopic (exact) mass is 225 g/mol. The van der Waals surface area contributed by atoms with Gasteiger partial charge in [0.05, 0.1) is 19.8 Å². The summed E-state index contributed by atoms with van der Waals surface area (Å²) in [6.45, 7) is 6.31. The molecular weight excluding hydrogens is 210 g/mol. The SMILES string of the molecule is CC(C)(C)C12COP(=[35S])(OC1)OC2. The van der Waals surface area contributed by atoms with Crippen molar-refractivity contribution in [1.29, 1.82) is 0 Å². The Morgan fingerprint density at radius 2 is 1.46 bits per heavy atom. The van der Waals surface area contributed by atoms with Crippen LogP contribution in [0, 0.1) is 10.8 Å². The highest BCUT2D eigenvalue weighted by Gasteiger charge is 2.53. The molecule has 2 bridgehead atoms. The fourth-order valence-corrected chi connectivity index (χ4v) is 3.41. The zero-order valence-electron chi connectivity index (χ0n) is 8.20. The first-order valence-electron chi connectivity index (χ1n) is 4.41.